The standard InChI is InChI=1S/C26H36O5.C26H36O4/c1-5-30-21(29)9-6-14(2)16-7-8-17-22-18(13-20(28)26(16,17)4)25(3)11-10-15(27)12-19(25)23-24(22)31-23;1-5-30-24(29)11-6-16(2)20-9-10-21-19-8-7-17-14-18(27)12-13-25(17,3)22(19)15-23(28)26(20,21)4/h12,14,16-18,22-24H,5-11,13H2,1-4H3;7-8,14,16,19-22H,5-6,9-13,15H2,1-4H3/t14-,16-,17+,18+,22+,23-,24+,25-,26-;16-,19+,20-,21+,22+,25+,26-/m11/s1. The average molecular weight is 841 g/mol. The highest BCUT2D eigenvalue weighted by molar-refractivity contribution is 5.93. The van der Waals surface area contributed by atoms with Crippen molar-refractivity contribution in [2.45, 2.75) is 157 Å². The Balaban J connectivity index is 0.000000169. The summed E-state index contributed by atoms with van der Waals surface area (Å²) in [5.41, 5.74) is 1.53. The lowest BCUT2D eigenvalue weighted by atomic mass is 9.46. The molecule has 1 heterocycles. The van der Waals surface area contributed by atoms with E-state index in [4.69, 9.17) is 14.2 Å². The first-order chi connectivity index (χ1) is 28.9. The number of rotatable bonds is 10. The number of Topliss-reactive ketones (excluding diaryl/α,β-unsaturated/α-hetero) is 2. The molecule has 61 heavy (non-hydrogen) atoms. The largest absolute Gasteiger partial charge is 0.466 e. The number of ketones is 4. The van der Waals surface area contributed by atoms with Gasteiger partial charge in [0, 0.05) is 49.4 Å². The van der Waals surface area contributed by atoms with Gasteiger partial charge in [-0.3, -0.25) is 28.8 Å². The molecule has 8 aliphatic carbocycles. The van der Waals surface area contributed by atoms with Crippen LogP contribution in [-0.4, -0.2) is 60.5 Å². The minimum absolute atomic E-state index is 0.0576. The van der Waals surface area contributed by atoms with Gasteiger partial charge >= 0.3 is 11.9 Å². The fraction of sp³-hybridized carbons (Fsp3) is 0.769. The van der Waals surface area contributed by atoms with Gasteiger partial charge < -0.3 is 14.2 Å². The van der Waals surface area contributed by atoms with E-state index in [2.05, 4.69) is 53.7 Å². The molecule has 0 amide bonds. The zero-order valence-electron chi connectivity index (χ0n) is 38.2. The predicted molar refractivity (Wildman–Crippen MR) is 231 cm³/mol. The molecule has 9 aliphatic rings. The van der Waals surface area contributed by atoms with E-state index in [0.717, 1.165) is 56.9 Å². The summed E-state index contributed by atoms with van der Waals surface area (Å²) < 4.78 is 16.4. The second-order valence-electron chi connectivity index (χ2n) is 21.8. The Kier molecular flexibility index (Phi) is 11.9. The summed E-state index contributed by atoms with van der Waals surface area (Å²) in [7, 11) is 0. The third-order valence-corrected chi connectivity index (χ3v) is 19.2. The van der Waals surface area contributed by atoms with Crippen LogP contribution in [-0.2, 0) is 43.0 Å². The van der Waals surface area contributed by atoms with E-state index >= 15 is 0 Å². The smallest absolute Gasteiger partial charge is 0.305 e. The molecule has 0 radical (unpaired) electrons. The van der Waals surface area contributed by atoms with Crippen LogP contribution >= 0.6 is 0 Å². The summed E-state index contributed by atoms with van der Waals surface area (Å²) in [6, 6.07) is 0. The average Bonchev–Trinajstić information content (AvgIpc) is 3.80. The molecule has 5 saturated carbocycles. The number of carbonyl (C=O) groups excluding carboxylic acids is 6. The Bertz CT molecular complexity index is 1920. The van der Waals surface area contributed by atoms with E-state index in [1.54, 1.807) is 0 Å². The monoisotopic (exact) mass is 841 g/mol. The molecule has 0 unspecified atom stereocenters. The van der Waals surface area contributed by atoms with Crippen molar-refractivity contribution in [3.05, 3.63) is 35.5 Å². The van der Waals surface area contributed by atoms with Gasteiger partial charge in [0.25, 0.3) is 0 Å². The first-order valence-electron chi connectivity index (χ1n) is 24.1. The molecule has 9 nitrogen and oxygen atoms in total. The zero-order valence-corrected chi connectivity index (χ0v) is 38.2. The van der Waals surface area contributed by atoms with Crippen LogP contribution in [0.5, 0.6) is 0 Å². The number of ether oxygens (including phenoxy) is 3. The first-order valence-corrected chi connectivity index (χ1v) is 24.1. The normalized spacial score (nSPS) is 43.6. The molecule has 0 aromatic rings. The van der Waals surface area contributed by atoms with Crippen LogP contribution in [0.1, 0.15) is 145 Å². The molecule has 1 saturated heterocycles. The molecule has 0 bridgehead atoms. The van der Waals surface area contributed by atoms with Crippen LogP contribution in [0.3, 0.4) is 0 Å². The van der Waals surface area contributed by atoms with Gasteiger partial charge in [0.15, 0.2) is 11.6 Å². The van der Waals surface area contributed by atoms with E-state index in [1.165, 1.54) is 5.57 Å². The maximum absolute atomic E-state index is 13.8. The van der Waals surface area contributed by atoms with Crippen molar-refractivity contribution in [2.24, 2.45) is 80.8 Å². The number of esters is 2. The van der Waals surface area contributed by atoms with E-state index in [-0.39, 0.29) is 63.3 Å². The van der Waals surface area contributed by atoms with Crippen LogP contribution in [0, 0.1) is 80.8 Å². The van der Waals surface area contributed by atoms with E-state index in [0.29, 0.717) is 117 Å². The van der Waals surface area contributed by atoms with E-state index in [1.807, 2.05) is 26.0 Å². The maximum Gasteiger partial charge on any atom is 0.305 e. The summed E-state index contributed by atoms with van der Waals surface area (Å²) in [4.78, 5) is 75.3. The summed E-state index contributed by atoms with van der Waals surface area (Å²) in [6.45, 7) is 17.9. The van der Waals surface area contributed by atoms with Gasteiger partial charge in [-0.25, -0.2) is 0 Å². The summed E-state index contributed by atoms with van der Waals surface area (Å²) in [6.07, 6.45) is 19.3. The van der Waals surface area contributed by atoms with Crippen LogP contribution < -0.4 is 0 Å². The summed E-state index contributed by atoms with van der Waals surface area (Å²) >= 11 is 0. The number of fused-ring (bicyclic) bond motifs is 13. The van der Waals surface area contributed by atoms with Gasteiger partial charge in [0.05, 0.1) is 19.3 Å². The predicted octanol–water partition coefficient (Wildman–Crippen LogP) is 9.35. The van der Waals surface area contributed by atoms with Crippen LogP contribution in [0.2, 0.25) is 0 Å². The van der Waals surface area contributed by atoms with Gasteiger partial charge in [0.2, 0.25) is 0 Å². The first kappa shape index (κ1) is 44.4. The summed E-state index contributed by atoms with van der Waals surface area (Å²) in [5.74, 6) is 4.39. The fourth-order valence-electron chi connectivity index (χ4n) is 15.7. The minimum atomic E-state index is -0.326. The Hall–Kier alpha value is -3.20. The van der Waals surface area contributed by atoms with Gasteiger partial charge in [-0.05, 0) is 159 Å². The molecule has 0 aromatic carbocycles. The number of epoxide rings is 1. The van der Waals surface area contributed by atoms with Crippen molar-refractivity contribution in [1.29, 1.82) is 0 Å². The van der Waals surface area contributed by atoms with Crippen LogP contribution in [0.25, 0.3) is 0 Å². The van der Waals surface area contributed by atoms with Crippen LogP contribution in [0.15, 0.2) is 35.5 Å². The molecular formula is C52H72O9. The molecule has 334 valence electrons. The van der Waals surface area contributed by atoms with E-state index in [9.17, 15) is 28.8 Å². The zero-order chi connectivity index (χ0) is 43.8. The molecule has 6 fully saturated rings. The number of allylic oxidation sites excluding steroid dienone is 4. The maximum atomic E-state index is 13.8. The molecule has 0 N–H and O–H groups in total. The van der Waals surface area contributed by atoms with E-state index < -0.39 is 0 Å². The molecule has 9 heteroatoms. The Morgan fingerprint density at radius 3 is 1.82 bits per heavy atom. The third kappa shape index (κ3) is 7.21. The van der Waals surface area contributed by atoms with Gasteiger partial charge in [0.1, 0.15) is 17.7 Å². The Morgan fingerprint density at radius 1 is 0.705 bits per heavy atom. The van der Waals surface area contributed by atoms with Crippen molar-refractivity contribution in [1.82, 2.24) is 0 Å². The molecular weight excluding hydrogens is 769 g/mol. The molecule has 0 aromatic heterocycles. The third-order valence-electron chi connectivity index (χ3n) is 19.2. The lowest BCUT2D eigenvalue weighted by molar-refractivity contribution is -0.149. The lowest BCUT2D eigenvalue weighted by Gasteiger charge is -2.56. The van der Waals surface area contributed by atoms with Crippen LogP contribution in [0.4, 0.5) is 0 Å². The topological polar surface area (TPSA) is 133 Å². The highest BCUT2D eigenvalue weighted by Crippen LogP contribution is 2.70. The number of hydrogen-bond donors (Lipinski definition) is 0. The van der Waals surface area contributed by atoms with Crippen molar-refractivity contribution in [2.75, 3.05) is 13.2 Å². The summed E-state index contributed by atoms with van der Waals surface area (Å²) in [5, 5.41) is 0. The SMILES string of the molecule is CCOC(=O)CC[C@@H](C)[C@H]1CC[C@H]2[C@@H]3C=CC4=CC(=O)CC[C@]4(C)[C@H]3CC(=O)[C@]12C.CCOC(=O)CC[C@@H](C)[C@H]1CC[C@H]2[C@@H]3[C@@H]4O[C@@H]4C4=CC(=O)CC[C@]4(C)[C@H]3CC(=O)[C@]12C. The second-order valence-corrected chi connectivity index (χ2v) is 21.8. The van der Waals surface area contributed by atoms with Gasteiger partial charge in [-0.15, -0.1) is 0 Å². The lowest BCUT2D eigenvalue weighted by Crippen LogP contribution is -2.57. The fourth-order valence-corrected chi connectivity index (χ4v) is 15.7. The quantitative estimate of drug-likeness (QED) is 0.156. The Morgan fingerprint density at radius 2 is 1.23 bits per heavy atom. The highest BCUT2D eigenvalue weighted by Gasteiger charge is 2.71. The van der Waals surface area contributed by atoms with Gasteiger partial charge in [-0.1, -0.05) is 53.7 Å². The number of hydrogen-bond acceptors (Lipinski definition) is 9. The van der Waals surface area contributed by atoms with Gasteiger partial charge in [-0.2, -0.15) is 0 Å². The highest BCUT2D eigenvalue weighted by atomic mass is 16.6. The second kappa shape index (κ2) is 16.4. The number of carbonyl (C=O) groups is 6. The molecule has 1 aliphatic heterocycles. The molecule has 0 spiro atoms. The molecule has 16 atom stereocenters. The Labute approximate surface area is 364 Å². The minimum Gasteiger partial charge on any atom is -0.466 e. The van der Waals surface area contributed by atoms with Crippen molar-refractivity contribution in [3.8, 4) is 0 Å². The van der Waals surface area contributed by atoms with Crippen molar-refractivity contribution in [3.63, 3.8) is 0 Å². The van der Waals surface area contributed by atoms with Crippen molar-refractivity contribution < 1.29 is 43.0 Å². The van der Waals surface area contributed by atoms with Crippen molar-refractivity contribution >= 4 is 35.1 Å². The molecule has 9 rings (SSSR count).